The van der Waals surface area contributed by atoms with Gasteiger partial charge in [-0.25, -0.2) is 4.39 Å². The molecule has 1 atom stereocenters. The number of anilines is 1. The van der Waals surface area contributed by atoms with Crippen LogP contribution >= 0.6 is 0 Å². The summed E-state index contributed by atoms with van der Waals surface area (Å²) in [5.41, 5.74) is -4.17. The average Bonchev–Trinajstić information content (AvgIpc) is 3.52. The number of pyridine rings is 1. The van der Waals surface area contributed by atoms with Crippen molar-refractivity contribution in [3.8, 4) is 5.75 Å². The molecule has 4 N–H and O–H groups in total. The van der Waals surface area contributed by atoms with E-state index in [4.69, 9.17) is 5.11 Å². The van der Waals surface area contributed by atoms with Crippen LogP contribution in [0, 0.1) is 5.82 Å². The van der Waals surface area contributed by atoms with Gasteiger partial charge >= 0.3 is 12.4 Å². The molecule has 3 rings (SSSR count). The quantitative estimate of drug-likeness (QED) is 0.427. The van der Waals surface area contributed by atoms with E-state index in [1.165, 1.54) is 6.07 Å². The summed E-state index contributed by atoms with van der Waals surface area (Å²) in [6.07, 6.45) is -9.85. The number of aromatic nitrogens is 1. The van der Waals surface area contributed by atoms with Crippen LogP contribution in [0.5, 0.6) is 5.75 Å². The first-order chi connectivity index (χ1) is 16.2. The van der Waals surface area contributed by atoms with Crippen LogP contribution < -0.4 is 10.6 Å². The maximum Gasteiger partial charge on any atom is 0.411 e. The van der Waals surface area contributed by atoms with Gasteiger partial charge in [-0.1, -0.05) is 0 Å². The molecule has 1 saturated carbocycles. The third-order valence-electron chi connectivity index (χ3n) is 5.42. The van der Waals surface area contributed by atoms with E-state index in [0.29, 0.717) is 12.1 Å². The third-order valence-corrected chi connectivity index (χ3v) is 5.42. The minimum Gasteiger partial charge on any atom is -0.508 e. The van der Waals surface area contributed by atoms with Crippen molar-refractivity contribution in [1.82, 2.24) is 10.3 Å². The number of nitrogens with zero attached hydrogens (tertiary/aromatic N) is 1. The van der Waals surface area contributed by atoms with E-state index in [1.54, 1.807) is 0 Å². The largest absolute Gasteiger partial charge is 0.508 e. The SMILES string of the molecule is O=C(Cc1cc(O)c(C(CO)C(F)(F)F)cc1F)Nc1ccnc(C(=O)NC2(C(F)(F)F)CC2)c1. The Morgan fingerprint density at radius 2 is 1.77 bits per heavy atom. The van der Waals surface area contributed by atoms with E-state index in [9.17, 15) is 45.4 Å². The minimum atomic E-state index is -4.96. The number of alkyl halides is 6. The van der Waals surface area contributed by atoms with Crippen molar-refractivity contribution in [2.45, 2.75) is 43.1 Å². The molecule has 1 aromatic heterocycles. The summed E-state index contributed by atoms with van der Waals surface area (Å²) in [5.74, 6) is -6.78. The predicted molar refractivity (Wildman–Crippen MR) is 106 cm³/mol. The normalized spacial score (nSPS) is 15.9. The number of rotatable bonds is 7. The first-order valence-corrected chi connectivity index (χ1v) is 10.0. The first-order valence-electron chi connectivity index (χ1n) is 10.0. The van der Waals surface area contributed by atoms with Gasteiger partial charge < -0.3 is 20.8 Å². The second-order valence-corrected chi connectivity index (χ2v) is 7.97. The van der Waals surface area contributed by atoms with Crippen LogP contribution in [0.15, 0.2) is 30.5 Å². The van der Waals surface area contributed by atoms with Crippen molar-refractivity contribution in [1.29, 1.82) is 0 Å². The number of hydrogen-bond acceptors (Lipinski definition) is 5. The van der Waals surface area contributed by atoms with E-state index in [2.05, 4.69) is 10.3 Å². The lowest BCUT2D eigenvalue weighted by Gasteiger charge is -2.20. The second-order valence-electron chi connectivity index (χ2n) is 7.97. The number of aliphatic hydroxyl groups is 1. The fourth-order valence-electron chi connectivity index (χ4n) is 3.31. The standard InChI is InChI=1S/C21H18F7N3O4/c22-14-8-12(13(9-32)20(23,24)25)16(33)5-10(14)6-17(34)30-11-1-4-29-15(7-11)18(35)31-19(2-3-19)21(26,27)28/h1,4-5,7-8,13,32-33H,2-3,6,9H2,(H,31,35)(H,29,30,34). The number of halogens is 7. The van der Waals surface area contributed by atoms with Gasteiger partial charge in [0.25, 0.3) is 5.91 Å². The zero-order valence-corrected chi connectivity index (χ0v) is 17.6. The molecule has 14 heteroatoms. The first kappa shape index (κ1) is 26.2. The van der Waals surface area contributed by atoms with Gasteiger partial charge in [0.2, 0.25) is 5.91 Å². The second kappa shape index (κ2) is 9.32. The molecule has 35 heavy (non-hydrogen) atoms. The van der Waals surface area contributed by atoms with Gasteiger partial charge in [0.15, 0.2) is 0 Å². The summed E-state index contributed by atoms with van der Waals surface area (Å²) in [6, 6.07) is 3.19. The molecule has 0 saturated heterocycles. The van der Waals surface area contributed by atoms with Crippen molar-refractivity contribution < 1.29 is 50.5 Å². The van der Waals surface area contributed by atoms with E-state index in [0.717, 1.165) is 12.3 Å². The summed E-state index contributed by atoms with van der Waals surface area (Å²) >= 11 is 0. The Bertz CT molecular complexity index is 1130. The molecule has 1 heterocycles. The lowest BCUT2D eigenvalue weighted by Crippen LogP contribution is -2.48. The number of amides is 2. The van der Waals surface area contributed by atoms with Crippen LogP contribution in [-0.2, 0) is 11.2 Å². The van der Waals surface area contributed by atoms with Crippen molar-refractivity contribution in [3.05, 3.63) is 53.1 Å². The molecule has 1 fully saturated rings. The molecule has 1 aliphatic rings. The number of hydrogen-bond donors (Lipinski definition) is 4. The van der Waals surface area contributed by atoms with Crippen molar-refractivity contribution in [2.24, 2.45) is 0 Å². The van der Waals surface area contributed by atoms with Gasteiger partial charge in [0, 0.05) is 23.0 Å². The van der Waals surface area contributed by atoms with Crippen LogP contribution in [0.2, 0.25) is 0 Å². The Hall–Kier alpha value is -3.42. The summed E-state index contributed by atoms with van der Waals surface area (Å²) in [7, 11) is 0. The Labute approximate surface area is 193 Å². The highest BCUT2D eigenvalue weighted by Gasteiger charge is 2.64. The Balaban J connectivity index is 1.70. The molecule has 1 aliphatic carbocycles. The van der Waals surface area contributed by atoms with Crippen LogP contribution in [0.4, 0.5) is 36.4 Å². The van der Waals surface area contributed by atoms with Crippen LogP contribution in [0.25, 0.3) is 0 Å². The maximum absolute atomic E-state index is 14.3. The molecule has 1 aromatic carbocycles. The van der Waals surface area contributed by atoms with E-state index >= 15 is 0 Å². The summed E-state index contributed by atoms with van der Waals surface area (Å²) in [6.45, 7) is -1.43. The fraction of sp³-hybridized carbons (Fsp3) is 0.381. The van der Waals surface area contributed by atoms with Crippen LogP contribution in [-0.4, -0.2) is 51.5 Å². The highest BCUT2D eigenvalue weighted by molar-refractivity contribution is 5.96. The molecule has 190 valence electrons. The molecule has 0 spiro atoms. The minimum absolute atomic E-state index is 0.0642. The zero-order valence-electron chi connectivity index (χ0n) is 17.6. The molecule has 0 aliphatic heterocycles. The summed E-state index contributed by atoms with van der Waals surface area (Å²) in [5, 5.41) is 23.0. The van der Waals surface area contributed by atoms with Crippen LogP contribution in [0.3, 0.4) is 0 Å². The molecular weight excluding hydrogens is 491 g/mol. The van der Waals surface area contributed by atoms with Gasteiger partial charge in [-0.05, 0) is 37.1 Å². The number of aromatic hydroxyl groups is 1. The number of phenols is 1. The number of benzene rings is 1. The number of aliphatic hydroxyl groups excluding tert-OH is 1. The topological polar surface area (TPSA) is 112 Å². The number of carbonyl (C=O) groups is 2. The monoisotopic (exact) mass is 509 g/mol. The highest BCUT2D eigenvalue weighted by Crippen LogP contribution is 2.49. The summed E-state index contributed by atoms with van der Waals surface area (Å²) in [4.78, 5) is 28.1. The molecule has 7 nitrogen and oxygen atoms in total. The predicted octanol–water partition coefficient (Wildman–Crippen LogP) is 3.57. The average molecular weight is 509 g/mol. The molecule has 2 aromatic rings. The Morgan fingerprint density at radius 1 is 1.11 bits per heavy atom. The van der Waals surface area contributed by atoms with Gasteiger partial charge in [-0.3, -0.25) is 14.6 Å². The van der Waals surface area contributed by atoms with Gasteiger partial charge in [-0.2, -0.15) is 26.3 Å². The van der Waals surface area contributed by atoms with Gasteiger partial charge in [0.1, 0.15) is 28.7 Å². The summed E-state index contributed by atoms with van der Waals surface area (Å²) < 4.78 is 92.3. The van der Waals surface area contributed by atoms with Crippen molar-refractivity contribution in [3.63, 3.8) is 0 Å². The maximum atomic E-state index is 14.3. The third kappa shape index (κ3) is 5.81. The Morgan fingerprint density at radius 3 is 2.31 bits per heavy atom. The fourth-order valence-corrected chi connectivity index (χ4v) is 3.31. The Kier molecular flexibility index (Phi) is 6.97. The van der Waals surface area contributed by atoms with Crippen LogP contribution in [0.1, 0.15) is 40.4 Å². The van der Waals surface area contributed by atoms with E-state index < -0.39 is 77.0 Å². The molecule has 0 bridgehead atoms. The van der Waals surface area contributed by atoms with Crippen molar-refractivity contribution in [2.75, 3.05) is 11.9 Å². The smallest absolute Gasteiger partial charge is 0.411 e. The van der Waals surface area contributed by atoms with E-state index in [-0.39, 0.29) is 18.5 Å². The molecule has 0 radical (unpaired) electrons. The van der Waals surface area contributed by atoms with Gasteiger partial charge in [0.05, 0.1) is 13.0 Å². The van der Waals surface area contributed by atoms with E-state index in [1.807, 2.05) is 5.32 Å². The number of nitrogens with one attached hydrogen (secondary N) is 2. The highest BCUT2D eigenvalue weighted by atomic mass is 19.4. The number of carbonyl (C=O) groups excluding carboxylic acids is 2. The number of phenolic OH excluding ortho intramolecular Hbond substituents is 1. The molecule has 2 amide bonds. The lowest BCUT2D eigenvalue weighted by molar-refractivity contribution is -0.163. The molecular formula is C21H18F7N3O4. The lowest BCUT2D eigenvalue weighted by atomic mass is 9.95. The molecule has 1 unspecified atom stereocenters. The zero-order chi connectivity index (χ0) is 26.2. The van der Waals surface area contributed by atoms with Gasteiger partial charge in [-0.15, -0.1) is 0 Å². The van der Waals surface area contributed by atoms with Crippen molar-refractivity contribution >= 4 is 17.5 Å².